The zero-order chi connectivity index (χ0) is 14.7. The number of aromatic nitrogens is 1. The van der Waals surface area contributed by atoms with Crippen LogP contribution in [0.15, 0.2) is 30.3 Å². The summed E-state index contributed by atoms with van der Waals surface area (Å²) in [6.07, 6.45) is 0. The first-order valence-electron chi connectivity index (χ1n) is 5.46. The predicted octanol–water partition coefficient (Wildman–Crippen LogP) is 4.56. The molecular formula is C12H8Cl3N3O2. The highest BCUT2D eigenvalue weighted by atomic mass is 35.5. The van der Waals surface area contributed by atoms with Gasteiger partial charge in [0.1, 0.15) is 5.15 Å². The highest BCUT2D eigenvalue weighted by molar-refractivity contribution is 6.35. The summed E-state index contributed by atoms with van der Waals surface area (Å²) in [4.78, 5) is 14.3. The lowest BCUT2D eigenvalue weighted by molar-refractivity contribution is -0.384. The van der Waals surface area contributed by atoms with Crippen molar-refractivity contribution in [2.24, 2.45) is 0 Å². The molecule has 104 valence electrons. The number of hydrogen-bond donors (Lipinski definition) is 1. The Morgan fingerprint density at radius 3 is 2.60 bits per heavy atom. The SMILES string of the molecule is O=[N+]([O-])c1ccc(Cl)nc1NCc1ccc(Cl)cc1Cl. The second-order valence-corrected chi connectivity index (χ2v) is 5.08. The minimum Gasteiger partial charge on any atom is -0.360 e. The van der Waals surface area contributed by atoms with Crippen LogP contribution in [0.5, 0.6) is 0 Å². The van der Waals surface area contributed by atoms with Crippen molar-refractivity contribution in [2.45, 2.75) is 6.54 Å². The number of halogens is 3. The monoisotopic (exact) mass is 331 g/mol. The molecular weight excluding hydrogens is 325 g/mol. The molecule has 0 unspecified atom stereocenters. The maximum absolute atomic E-state index is 10.9. The van der Waals surface area contributed by atoms with Crippen molar-refractivity contribution in [2.75, 3.05) is 5.32 Å². The Morgan fingerprint density at radius 2 is 1.95 bits per heavy atom. The third kappa shape index (κ3) is 3.50. The molecule has 20 heavy (non-hydrogen) atoms. The van der Waals surface area contributed by atoms with E-state index in [0.717, 1.165) is 5.56 Å². The summed E-state index contributed by atoms with van der Waals surface area (Å²) in [5.41, 5.74) is 0.589. The molecule has 0 saturated carbocycles. The number of pyridine rings is 1. The summed E-state index contributed by atoms with van der Waals surface area (Å²) in [7, 11) is 0. The van der Waals surface area contributed by atoms with Crippen molar-refractivity contribution in [3.05, 3.63) is 61.2 Å². The molecule has 1 N–H and O–H groups in total. The smallest absolute Gasteiger partial charge is 0.311 e. The number of hydrogen-bond acceptors (Lipinski definition) is 4. The molecule has 0 fully saturated rings. The van der Waals surface area contributed by atoms with Crippen LogP contribution in [-0.2, 0) is 6.54 Å². The zero-order valence-electron chi connectivity index (χ0n) is 9.94. The Balaban J connectivity index is 2.22. The molecule has 2 rings (SSSR count). The highest BCUT2D eigenvalue weighted by Gasteiger charge is 2.15. The lowest BCUT2D eigenvalue weighted by atomic mass is 10.2. The number of benzene rings is 1. The molecule has 0 aliphatic carbocycles. The first kappa shape index (κ1) is 14.8. The van der Waals surface area contributed by atoms with Gasteiger partial charge in [0.05, 0.1) is 4.92 Å². The molecule has 8 heteroatoms. The van der Waals surface area contributed by atoms with E-state index in [-0.39, 0.29) is 23.2 Å². The molecule has 0 aliphatic rings. The molecule has 0 bridgehead atoms. The fraction of sp³-hybridized carbons (Fsp3) is 0.0833. The van der Waals surface area contributed by atoms with E-state index in [2.05, 4.69) is 10.3 Å². The van der Waals surface area contributed by atoms with Crippen LogP contribution in [0.3, 0.4) is 0 Å². The number of nitro groups is 1. The lowest BCUT2D eigenvalue weighted by Gasteiger charge is -2.08. The normalized spacial score (nSPS) is 10.3. The third-order valence-corrected chi connectivity index (χ3v) is 3.30. The Labute approximate surface area is 129 Å². The van der Waals surface area contributed by atoms with E-state index in [1.54, 1.807) is 18.2 Å². The Kier molecular flexibility index (Phi) is 4.65. The van der Waals surface area contributed by atoms with Gasteiger partial charge < -0.3 is 5.32 Å². The van der Waals surface area contributed by atoms with Crippen LogP contribution in [0.2, 0.25) is 15.2 Å². The summed E-state index contributed by atoms with van der Waals surface area (Å²) in [5, 5.41) is 14.9. The van der Waals surface area contributed by atoms with Gasteiger partial charge in [-0.1, -0.05) is 40.9 Å². The van der Waals surface area contributed by atoms with E-state index in [9.17, 15) is 10.1 Å². The molecule has 5 nitrogen and oxygen atoms in total. The third-order valence-electron chi connectivity index (χ3n) is 2.50. The van der Waals surface area contributed by atoms with E-state index in [1.807, 2.05) is 0 Å². The van der Waals surface area contributed by atoms with Crippen molar-refractivity contribution >= 4 is 46.3 Å². The molecule has 0 radical (unpaired) electrons. The average Bonchev–Trinajstić information content (AvgIpc) is 2.37. The molecule has 2 aromatic rings. The fourth-order valence-electron chi connectivity index (χ4n) is 1.55. The van der Waals surface area contributed by atoms with Crippen LogP contribution in [0.1, 0.15) is 5.56 Å². The molecule has 0 spiro atoms. The van der Waals surface area contributed by atoms with E-state index in [0.29, 0.717) is 10.0 Å². The van der Waals surface area contributed by atoms with Crippen LogP contribution in [0, 0.1) is 10.1 Å². The molecule has 0 aliphatic heterocycles. The van der Waals surface area contributed by atoms with Crippen LogP contribution in [-0.4, -0.2) is 9.91 Å². The number of anilines is 1. The van der Waals surface area contributed by atoms with Gasteiger partial charge >= 0.3 is 5.69 Å². The minimum atomic E-state index is -0.533. The highest BCUT2D eigenvalue weighted by Crippen LogP contribution is 2.26. The van der Waals surface area contributed by atoms with Gasteiger partial charge in [-0.25, -0.2) is 4.98 Å². The molecule has 0 amide bonds. The number of rotatable bonds is 4. The lowest BCUT2D eigenvalue weighted by Crippen LogP contribution is -2.05. The largest absolute Gasteiger partial charge is 0.360 e. The van der Waals surface area contributed by atoms with Crippen LogP contribution < -0.4 is 5.32 Å². The van der Waals surface area contributed by atoms with Gasteiger partial charge in [0.15, 0.2) is 0 Å². The second-order valence-electron chi connectivity index (χ2n) is 3.85. The standard InChI is InChI=1S/C12H8Cl3N3O2/c13-8-2-1-7(9(14)5-8)6-16-12-10(18(19)20)3-4-11(15)17-12/h1-5H,6H2,(H,16,17). The summed E-state index contributed by atoms with van der Waals surface area (Å²) in [5.74, 6) is 0.0912. The first-order chi connectivity index (χ1) is 9.47. The molecule has 0 saturated heterocycles. The zero-order valence-corrected chi connectivity index (χ0v) is 12.2. The van der Waals surface area contributed by atoms with Crippen molar-refractivity contribution < 1.29 is 4.92 Å². The van der Waals surface area contributed by atoms with Gasteiger partial charge in [-0.3, -0.25) is 10.1 Å². The van der Waals surface area contributed by atoms with Gasteiger partial charge in [0.25, 0.3) is 0 Å². The topological polar surface area (TPSA) is 68.1 Å². The molecule has 1 heterocycles. The van der Waals surface area contributed by atoms with Crippen molar-refractivity contribution in [1.82, 2.24) is 4.98 Å². The minimum absolute atomic E-state index is 0.0912. The van der Waals surface area contributed by atoms with E-state index in [4.69, 9.17) is 34.8 Å². The molecule has 0 atom stereocenters. The van der Waals surface area contributed by atoms with E-state index in [1.165, 1.54) is 12.1 Å². The quantitative estimate of drug-likeness (QED) is 0.506. The maximum Gasteiger partial charge on any atom is 0.311 e. The van der Waals surface area contributed by atoms with Crippen LogP contribution >= 0.6 is 34.8 Å². The summed E-state index contributed by atoms with van der Waals surface area (Å²) < 4.78 is 0. The molecule has 1 aromatic heterocycles. The molecule has 1 aromatic carbocycles. The Bertz CT molecular complexity index is 664. The van der Waals surface area contributed by atoms with Gasteiger partial charge in [-0.05, 0) is 23.8 Å². The van der Waals surface area contributed by atoms with Crippen LogP contribution in [0.25, 0.3) is 0 Å². The van der Waals surface area contributed by atoms with Crippen molar-refractivity contribution in [3.8, 4) is 0 Å². The Hall–Kier alpha value is -1.56. The maximum atomic E-state index is 10.9. The van der Waals surface area contributed by atoms with Crippen LogP contribution in [0.4, 0.5) is 11.5 Å². The average molecular weight is 333 g/mol. The van der Waals surface area contributed by atoms with E-state index < -0.39 is 4.92 Å². The van der Waals surface area contributed by atoms with Gasteiger partial charge in [0.2, 0.25) is 5.82 Å². The predicted molar refractivity (Wildman–Crippen MR) is 79.7 cm³/mol. The summed E-state index contributed by atoms with van der Waals surface area (Å²) in [6, 6.07) is 7.67. The van der Waals surface area contributed by atoms with Crippen molar-refractivity contribution in [3.63, 3.8) is 0 Å². The number of nitrogens with zero attached hydrogens (tertiary/aromatic N) is 2. The number of nitrogens with one attached hydrogen (secondary N) is 1. The Morgan fingerprint density at radius 1 is 1.20 bits per heavy atom. The fourth-order valence-corrected chi connectivity index (χ4v) is 2.17. The summed E-state index contributed by atoms with van der Waals surface area (Å²) in [6.45, 7) is 0.268. The first-order valence-corrected chi connectivity index (χ1v) is 6.59. The summed E-state index contributed by atoms with van der Waals surface area (Å²) >= 11 is 17.6. The van der Waals surface area contributed by atoms with Crippen molar-refractivity contribution in [1.29, 1.82) is 0 Å². The second kappa shape index (κ2) is 6.26. The van der Waals surface area contributed by atoms with Gasteiger partial charge in [-0.15, -0.1) is 0 Å². The van der Waals surface area contributed by atoms with Gasteiger partial charge in [0, 0.05) is 22.7 Å². The van der Waals surface area contributed by atoms with E-state index >= 15 is 0 Å². The van der Waals surface area contributed by atoms with Gasteiger partial charge in [-0.2, -0.15) is 0 Å².